The molecule has 0 saturated heterocycles. The van der Waals surface area contributed by atoms with Crippen LogP contribution in [0.1, 0.15) is 62.0 Å². The highest BCUT2D eigenvalue weighted by Gasteiger charge is 2.41. The zero-order valence-corrected chi connectivity index (χ0v) is 27.6. The molecule has 0 aliphatic carbocycles. The molecule has 1 amide bonds. The van der Waals surface area contributed by atoms with Crippen molar-refractivity contribution in [3.63, 3.8) is 0 Å². The Bertz CT molecular complexity index is 1650. The van der Waals surface area contributed by atoms with Gasteiger partial charge in [0.15, 0.2) is 5.82 Å². The Morgan fingerprint density at radius 2 is 1.66 bits per heavy atom. The van der Waals surface area contributed by atoms with Crippen molar-refractivity contribution >= 4 is 23.6 Å². The third-order valence-electron chi connectivity index (χ3n) is 8.10. The lowest BCUT2D eigenvalue weighted by Crippen LogP contribution is -2.54. The van der Waals surface area contributed by atoms with Gasteiger partial charge in [-0.3, -0.25) is 9.69 Å². The van der Waals surface area contributed by atoms with E-state index in [0.717, 1.165) is 28.0 Å². The molecule has 3 atom stereocenters. The Morgan fingerprint density at radius 3 is 2.34 bits per heavy atom. The van der Waals surface area contributed by atoms with Crippen molar-refractivity contribution in [1.82, 2.24) is 4.98 Å². The Balaban J connectivity index is 1.54. The molecule has 9 heteroatoms. The molecular weight excluding hydrogens is 594 g/mol. The molecule has 3 aromatic carbocycles. The number of hydrogen-bond donors (Lipinski definition) is 1. The van der Waals surface area contributed by atoms with Crippen LogP contribution in [0.4, 0.5) is 16.3 Å². The number of anilines is 2. The number of carboxylic acid groups (broad SMARTS) is 1. The standard InChI is InChI=1S/C38H43N3O6/c1-26(30-14-9-11-28(21-30)22-34(42)43)25-46-35(29-12-7-6-8-13-29)33-24-41(37(44)47-38(2,3)4)32-15-10-20-39-36(32)40(33)23-27-16-18-31(45-5)19-17-27/h6-21,26,33,35H,22-25H2,1-5H3,(H,42,43)/t26?,33-,35-/m1/s1. The lowest BCUT2D eigenvalue weighted by atomic mass is 9.95. The Morgan fingerprint density at radius 1 is 0.936 bits per heavy atom. The summed E-state index contributed by atoms with van der Waals surface area (Å²) in [4.78, 5) is 33.8. The predicted molar refractivity (Wildman–Crippen MR) is 182 cm³/mol. The molecule has 47 heavy (non-hydrogen) atoms. The molecule has 5 rings (SSSR count). The third kappa shape index (κ3) is 8.48. The summed E-state index contributed by atoms with van der Waals surface area (Å²) in [5.41, 5.74) is 3.74. The van der Waals surface area contributed by atoms with Crippen LogP contribution in [0.15, 0.2) is 97.2 Å². The van der Waals surface area contributed by atoms with E-state index in [1.165, 1.54) is 0 Å². The maximum atomic E-state index is 13.7. The highest BCUT2D eigenvalue weighted by atomic mass is 16.6. The van der Waals surface area contributed by atoms with E-state index in [1.807, 2.05) is 112 Å². The maximum Gasteiger partial charge on any atom is 0.415 e. The van der Waals surface area contributed by atoms with E-state index in [0.29, 0.717) is 31.2 Å². The smallest absolute Gasteiger partial charge is 0.415 e. The summed E-state index contributed by atoms with van der Waals surface area (Å²) in [6.07, 6.45) is 0.791. The summed E-state index contributed by atoms with van der Waals surface area (Å²) in [6, 6.07) is 29.0. The molecule has 1 N–H and O–H groups in total. The van der Waals surface area contributed by atoms with Crippen molar-refractivity contribution in [2.75, 3.05) is 30.1 Å². The molecule has 1 aliphatic heterocycles. The number of fused-ring (bicyclic) bond motifs is 1. The number of methoxy groups -OCH3 is 1. The molecular formula is C38H43N3O6. The van der Waals surface area contributed by atoms with Gasteiger partial charge in [-0.2, -0.15) is 0 Å². The van der Waals surface area contributed by atoms with Gasteiger partial charge in [0.2, 0.25) is 0 Å². The molecule has 4 aromatic rings. The van der Waals surface area contributed by atoms with E-state index in [9.17, 15) is 14.7 Å². The fourth-order valence-electron chi connectivity index (χ4n) is 5.83. The van der Waals surface area contributed by atoms with Gasteiger partial charge in [-0.1, -0.05) is 73.7 Å². The molecule has 1 aromatic heterocycles. The van der Waals surface area contributed by atoms with Gasteiger partial charge >= 0.3 is 12.1 Å². The summed E-state index contributed by atoms with van der Waals surface area (Å²) in [7, 11) is 1.65. The summed E-state index contributed by atoms with van der Waals surface area (Å²) in [6.45, 7) is 8.82. The average Bonchev–Trinajstić information content (AvgIpc) is 3.05. The molecule has 246 valence electrons. The van der Waals surface area contributed by atoms with Crippen molar-refractivity contribution in [3.05, 3.63) is 119 Å². The predicted octanol–water partition coefficient (Wildman–Crippen LogP) is 7.41. The van der Waals surface area contributed by atoms with E-state index < -0.39 is 23.8 Å². The number of hydrogen-bond acceptors (Lipinski definition) is 7. The third-order valence-corrected chi connectivity index (χ3v) is 8.10. The number of aromatic nitrogens is 1. The SMILES string of the molecule is COc1ccc(CN2c3ncccc3N(C(=O)OC(C)(C)C)C[C@@H]2[C@H](OCC(C)c2cccc(CC(=O)O)c2)c2ccccc2)cc1. The second-order valence-corrected chi connectivity index (χ2v) is 12.9. The van der Waals surface area contributed by atoms with Crippen molar-refractivity contribution in [2.24, 2.45) is 0 Å². The first-order valence-electron chi connectivity index (χ1n) is 15.8. The lowest BCUT2D eigenvalue weighted by Gasteiger charge is -2.46. The number of pyridine rings is 1. The van der Waals surface area contributed by atoms with Crippen molar-refractivity contribution in [3.8, 4) is 5.75 Å². The number of carbonyl (C=O) groups excluding carboxylic acids is 1. The van der Waals surface area contributed by atoms with Crippen LogP contribution in [0.5, 0.6) is 5.75 Å². The largest absolute Gasteiger partial charge is 0.497 e. The minimum atomic E-state index is -0.868. The Hall–Kier alpha value is -4.89. The van der Waals surface area contributed by atoms with E-state index >= 15 is 0 Å². The van der Waals surface area contributed by atoms with Crippen LogP contribution >= 0.6 is 0 Å². The first-order chi connectivity index (χ1) is 22.5. The van der Waals surface area contributed by atoms with Crippen LogP contribution in [0.25, 0.3) is 0 Å². The van der Waals surface area contributed by atoms with Gasteiger partial charge in [0, 0.05) is 18.7 Å². The number of carboxylic acids is 1. The lowest BCUT2D eigenvalue weighted by molar-refractivity contribution is -0.136. The quantitative estimate of drug-likeness (QED) is 0.182. The average molecular weight is 638 g/mol. The molecule has 1 unspecified atom stereocenters. The van der Waals surface area contributed by atoms with Crippen molar-refractivity contribution in [1.29, 1.82) is 0 Å². The second kappa shape index (κ2) is 14.7. The minimum absolute atomic E-state index is 0.0269. The number of aliphatic carboxylic acids is 1. The molecule has 0 bridgehead atoms. The normalized spacial score (nSPS) is 15.8. The van der Waals surface area contributed by atoms with Gasteiger partial charge in [-0.15, -0.1) is 0 Å². The second-order valence-electron chi connectivity index (χ2n) is 12.9. The van der Waals surface area contributed by atoms with E-state index in [4.69, 9.17) is 19.2 Å². The van der Waals surface area contributed by atoms with E-state index in [1.54, 1.807) is 18.2 Å². The van der Waals surface area contributed by atoms with Crippen LogP contribution in [-0.2, 0) is 27.2 Å². The van der Waals surface area contributed by atoms with Crippen molar-refractivity contribution in [2.45, 2.75) is 64.3 Å². The number of carbonyl (C=O) groups is 2. The molecule has 0 radical (unpaired) electrons. The van der Waals surface area contributed by atoms with Crippen LogP contribution in [0.3, 0.4) is 0 Å². The first-order valence-corrected chi connectivity index (χ1v) is 15.8. The summed E-state index contributed by atoms with van der Waals surface area (Å²) < 4.78 is 18.2. The number of benzene rings is 3. The highest BCUT2D eigenvalue weighted by Crippen LogP contribution is 2.41. The van der Waals surface area contributed by atoms with Gasteiger partial charge < -0.3 is 24.2 Å². The highest BCUT2D eigenvalue weighted by molar-refractivity contribution is 5.93. The fraction of sp³-hybridized carbons (Fsp3) is 0.342. The van der Waals surface area contributed by atoms with Crippen LogP contribution in [0.2, 0.25) is 0 Å². The number of nitrogens with zero attached hydrogens (tertiary/aromatic N) is 3. The monoisotopic (exact) mass is 637 g/mol. The summed E-state index contributed by atoms with van der Waals surface area (Å²) >= 11 is 0. The Labute approximate surface area is 276 Å². The summed E-state index contributed by atoms with van der Waals surface area (Å²) in [5.74, 6) is 0.531. The fourth-order valence-corrected chi connectivity index (χ4v) is 5.83. The van der Waals surface area contributed by atoms with Crippen molar-refractivity contribution < 1.29 is 28.9 Å². The molecule has 0 fully saturated rings. The molecule has 0 saturated carbocycles. The van der Waals surface area contributed by atoms with Crippen LogP contribution in [-0.4, -0.2) is 54.1 Å². The van der Waals surface area contributed by atoms with Crippen LogP contribution in [0, 0.1) is 0 Å². The van der Waals surface area contributed by atoms with Gasteiger partial charge in [-0.05, 0) is 67.3 Å². The Kier molecular flexibility index (Phi) is 10.5. The zero-order valence-electron chi connectivity index (χ0n) is 27.6. The number of rotatable bonds is 11. The minimum Gasteiger partial charge on any atom is -0.497 e. The molecule has 1 aliphatic rings. The first kappa shape index (κ1) is 33.5. The van der Waals surface area contributed by atoms with Gasteiger partial charge in [0.05, 0.1) is 38.4 Å². The van der Waals surface area contributed by atoms with Crippen LogP contribution < -0.4 is 14.5 Å². The molecule has 9 nitrogen and oxygen atoms in total. The zero-order chi connectivity index (χ0) is 33.6. The molecule has 0 spiro atoms. The van der Waals surface area contributed by atoms with E-state index in [2.05, 4.69) is 11.8 Å². The maximum absolute atomic E-state index is 13.7. The van der Waals surface area contributed by atoms with E-state index in [-0.39, 0.29) is 18.4 Å². The number of amides is 1. The van der Waals surface area contributed by atoms with Gasteiger partial charge in [0.25, 0.3) is 0 Å². The summed E-state index contributed by atoms with van der Waals surface area (Å²) in [5, 5.41) is 9.31. The molecule has 2 heterocycles. The van der Waals surface area contributed by atoms with Gasteiger partial charge in [-0.25, -0.2) is 9.78 Å². The van der Waals surface area contributed by atoms with Gasteiger partial charge in [0.1, 0.15) is 17.5 Å². The number of ether oxygens (including phenoxy) is 3. The topological polar surface area (TPSA) is 101 Å².